The van der Waals surface area contributed by atoms with Gasteiger partial charge in [0.2, 0.25) is 0 Å². The van der Waals surface area contributed by atoms with E-state index in [9.17, 15) is 9.18 Å². The molecule has 1 fully saturated rings. The van der Waals surface area contributed by atoms with Gasteiger partial charge in [-0.2, -0.15) is 5.10 Å². The second kappa shape index (κ2) is 8.27. The van der Waals surface area contributed by atoms with E-state index in [1.54, 1.807) is 28.8 Å². The van der Waals surface area contributed by atoms with Crippen molar-refractivity contribution in [3.63, 3.8) is 0 Å². The van der Waals surface area contributed by atoms with Crippen LogP contribution in [-0.4, -0.2) is 45.5 Å². The Kier molecular flexibility index (Phi) is 5.39. The number of halogens is 1. The fourth-order valence-corrected chi connectivity index (χ4v) is 3.16. The highest BCUT2D eigenvalue weighted by atomic mass is 19.1. The summed E-state index contributed by atoms with van der Waals surface area (Å²) >= 11 is 0. The lowest BCUT2D eigenvalue weighted by Crippen LogP contribution is -2.46. The van der Waals surface area contributed by atoms with Crippen molar-refractivity contribution < 1.29 is 18.7 Å². The lowest BCUT2D eigenvalue weighted by molar-refractivity contribution is 0.0105. The minimum absolute atomic E-state index is 0.238. The molecule has 0 spiro atoms. The van der Waals surface area contributed by atoms with Crippen LogP contribution in [0.3, 0.4) is 0 Å². The maximum absolute atomic E-state index is 13.9. The van der Waals surface area contributed by atoms with Gasteiger partial charge in [-0.05, 0) is 24.3 Å². The van der Waals surface area contributed by atoms with Gasteiger partial charge in [0.25, 0.3) is 0 Å². The Balaban J connectivity index is 1.57. The van der Waals surface area contributed by atoms with Crippen molar-refractivity contribution in [3.8, 4) is 11.5 Å². The van der Waals surface area contributed by atoms with Gasteiger partial charge in [-0.3, -0.25) is 4.68 Å². The van der Waals surface area contributed by atoms with Gasteiger partial charge in [-0.25, -0.2) is 14.2 Å². The van der Waals surface area contributed by atoms with E-state index in [1.807, 2.05) is 18.2 Å². The predicted molar refractivity (Wildman–Crippen MR) is 103 cm³/mol. The average molecular weight is 397 g/mol. The van der Waals surface area contributed by atoms with Crippen LogP contribution in [0.1, 0.15) is 11.9 Å². The molecule has 1 N–H and O–H groups in total. The van der Waals surface area contributed by atoms with Crippen LogP contribution in [-0.2, 0) is 11.8 Å². The summed E-state index contributed by atoms with van der Waals surface area (Å²) in [6, 6.07) is 12.3. The fourth-order valence-electron chi connectivity index (χ4n) is 3.16. The molecule has 4 rings (SSSR count). The summed E-state index contributed by atoms with van der Waals surface area (Å²) in [7, 11) is 1.76. The Hall–Kier alpha value is -3.46. The van der Waals surface area contributed by atoms with Crippen molar-refractivity contribution in [1.29, 1.82) is 0 Å². The molecule has 0 saturated carbocycles. The number of anilines is 1. The molecule has 0 bridgehead atoms. The van der Waals surface area contributed by atoms with Crippen LogP contribution >= 0.6 is 0 Å². The van der Waals surface area contributed by atoms with Gasteiger partial charge in [-0.1, -0.05) is 18.2 Å². The molecule has 0 radical (unpaired) electrons. The van der Waals surface area contributed by atoms with E-state index in [0.717, 1.165) is 0 Å². The normalized spacial score (nSPS) is 16.5. The third-order valence-corrected chi connectivity index (χ3v) is 4.59. The van der Waals surface area contributed by atoms with Gasteiger partial charge in [0.1, 0.15) is 23.9 Å². The number of benzene rings is 2. The SMILES string of the molecule is Cn1ncnc1C1COCCN1C(=O)Nc1cc(F)ccc1Oc1ccccc1. The van der Waals surface area contributed by atoms with E-state index in [-0.39, 0.29) is 5.69 Å². The van der Waals surface area contributed by atoms with Gasteiger partial charge in [0.15, 0.2) is 11.6 Å². The van der Waals surface area contributed by atoms with E-state index in [1.165, 1.54) is 24.5 Å². The summed E-state index contributed by atoms with van der Waals surface area (Å²) in [6.45, 7) is 1.07. The number of nitrogens with zero attached hydrogens (tertiary/aromatic N) is 4. The van der Waals surface area contributed by atoms with Gasteiger partial charge in [-0.15, -0.1) is 0 Å². The van der Waals surface area contributed by atoms with Gasteiger partial charge in [0, 0.05) is 19.7 Å². The van der Waals surface area contributed by atoms with Crippen LogP contribution < -0.4 is 10.1 Å². The zero-order valence-electron chi connectivity index (χ0n) is 15.8. The zero-order chi connectivity index (χ0) is 20.2. The molecule has 2 amide bonds. The number of nitrogens with one attached hydrogen (secondary N) is 1. The lowest BCUT2D eigenvalue weighted by atomic mass is 10.2. The van der Waals surface area contributed by atoms with Gasteiger partial charge >= 0.3 is 6.03 Å². The summed E-state index contributed by atoms with van der Waals surface area (Å²) in [6.07, 6.45) is 1.43. The highest BCUT2D eigenvalue weighted by Gasteiger charge is 2.32. The highest BCUT2D eigenvalue weighted by molar-refractivity contribution is 5.91. The van der Waals surface area contributed by atoms with Crippen molar-refractivity contribution in [2.45, 2.75) is 6.04 Å². The van der Waals surface area contributed by atoms with Crippen LogP contribution in [0, 0.1) is 5.82 Å². The molecule has 1 unspecified atom stereocenters. The van der Waals surface area contributed by atoms with E-state index < -0.39 is 17.9 Å². The Labute approximate surface area is 166 Å². The Morgan fingerprint density at radius 3 is 2.86 bits per heavy atom. The molecule has 1 aliphatic heterocycles. The molecule has 29 heavy (non-hydrogen) atoms. The maximum atomic E-state index is 13.9. The minimum Gasteiger partial charge on any atom is -0.455 e. The molecule has 2 heterocycles. The number of aromatic nitrogens is 3. The molecule has 150 valence electrons. The van der Waals surface area contributed by atoms with E-state index >= 15 is 0 Å². The number of hydrogen-bond donors (Lipinski definition) is 1. The van der Waals surface area contributed by atoms with Crippen LogP contribution in [0.2, 0.25) is 0 Å². The van der Waals surface area contributed by atoms with Crippen LogP contribution in [0.15, 0.2) is 54.9 Å². The van der Waals surface area contributed by atoms with Crippen molar-refractivity contribution in [1.82, 2.24) is 19.7 Å². The summed E-state index contributed by atoms with van der Waals surface area (Å²) in [5.41, 5.74) is 0.238. The number of carbonyl (C=O) groups excluding carboxylic acids is 1. The number of hydrogen-bond acceptors (Lipinski definition) is 5. The second-order valence-electron chi connectivity index (χ2n) is 6.51. The molecular weight excluding hydrogens is 377 g/mol. The zero-order valence-corrected chi connectivity index (χ0v) is 15.8. The Morgan fingerprint density at radius 1 is 1.28 bits per heavy atom. The maximum Gasteiger partial charge on any atom is 0.322 e. The number of carbonyl (C=O) groups is 1. The Bertz CT molecular complexity index is 995. The minimum atomic E-state index is -0.479. The predicted octanol–water partition coefficient (Wildman–Crippen LogP) is 3.35. The number of aryl methyl sites for hydroxylation is 1. The summed E-state index contributed by atoms with van der Waals surface area (Å²) in [4.78, 5) is 18.9. The van der Waals surface area contributed by atoms with E-state index in [4.69, 9.17) is 9.47 Å². The number of rotatable bonds is 4. The summed E-state index contributed by atoms with van der Waals surface area (Å²) in [5, 5.41) is 6.83. The summed E-state index contributed by atoms with van der Waals surface area (Å²) in [5.74, 6) is 1.06. The van der Waals surface area contributed by atoms with Crippen molar-refractivity contribution in [2.75, 3.05) is 25.1 Å². The first-order chi connectivity index (χ1) is 14.1. The third-order valence-electron chi connectivity index (χ3n) is 4.59. The standard InChI is InChI=1S/C20H20FN5O3/c1-25-19(22-13-23-25)17-12-28-10-9-26(17)20(27)24-16-11-14(21)7-8-18(16)29-15-5-3-2-4-6-15/h2-8,11,13,17H,9-10,12H2,1H3,(H,24,27). The molecule has 1 aromatic heterocycles. The molecule has 8 nitrogen and oxygen atoms in total. The molecule has 2 aromatic carbocycles. The monoisotopic (exact) mass is 397 g/mol. The molecular formula is C20H20FN5O3. The van der Waals surface area contributed by atoms with Crippen molar-refractivity contribution >= 4 is 11.7 Å². The number of para-hydroxylation sites is 1. The quantitative estimate of drug-likeness (QED) is 0.730. The topological polar surface area (TPSA) is 81.5 Å². The largest absolute Gasteiger partial charge is 0.455 e. The van der Waals surface area contributed by atoms with Crippen LogP contribution in [0.5, 0.6) is 11.5 Å². The van der Waals surface area contributed by atoms with E-state index in [0.29, 0.717) is 37.1 Å². The first-order valence-corrected chi connectivity index (χ1v) is 9.13. The number of amides is 2. The Morgan fingerprint density at radius 2 is 2.10 bits per heavy atom. The van der Waals surface area contributed by atoms with Crippen molar-refractivity contribution in [3.05, 3.63) is 66.5 Å². The molecule has 1 aliphatic rings. The lowest BCUT2D eigenvalue weighted by Gasteiger charge is -2.34. The van der Waals surface area contributed by atoms with E-state index in [2.05, 4.69) is 15.4 Å². The highest BCUT2D eigenvalue weighted by Crippen LogP contribution is 2.31. The number of ether oxygens (including phenoxy) is 2. The fraction of sp³-hybridized carbons (Fsp3) is 0.250. The van der Waals surface area contributed by atoms with Gasteiger partial charge in [0.05, 0.1) is 18.9 Å². The van der Waals surface area contributed by atoms with Crippen LogP contribution in [0.4, 0.5) is 14.9 Å². The molecule has 1 saturated heterocycles. The summed E-state index contributed by atoms with van der Waals surface area (Å²) < 4.78 is 26.8. The molecule has 3 aromatic rings. The third kappa shape index (κ3) is 4.19. The number of morpholine rings is 1. The first-order valence-electron chi connectivity index (χ1n) is 9.13. The molecule has 1 atom stereocenters. The van der Waals surface area contributed by atoms with Crippen molar-refractivity contribution in [2.24, 2.45) is 7.05 Å². The molecule has 9 heteroatoms. The second-order valence-corrected chi connectivity index (χ2v) is 6.51. The first kappa shape index (κ1) is 18.9. The van der Waals surface area contributed by atoms with Crippen LogP contribution in [0.25, 0.3) is 0 Å². The smallest absolute Gasteiger partial charge is 0.322 e. The number of urea groups is 1. The average Bonchev–Trinajstić information content (AvgIpc) is 3.16. The molecule has 0 aliphatic carbocycles. The van der Waals surface area contributed by atoms with Gasteiger partial charge < -0.3 is 19.7 Å².